The molecular formula is C27H19N5O2. The Morgan fingerprint density at radius 2 is 2.00 bits per heavy atom. The molecule has 0 unspecified atom stereocenters. The number of nitrogens with zero attached hydrogens (tertiary/aromatic N) is 5. The van der Waals surface area contributed by atoms with Crippen molar-refractivity contribution in [3.8, 4) is 16.8 Å². The van der Waals surface area contributed by atoms with E-state index in [1.807, 2.05) is 49.6 Å². The molecule has 0 saturated carbocycles. The summed E-state index contributed by atoms with van der Waals surface area (Å²) in [7, 11) is 1.87. The zero-order valence-corrected chi connectivity index (χ0v) is 18.4. The lowest BCUT2D eigenvalue weighted by atomic mass is 10.0. The average Bonchev–Trinajstić information content (AvgIpc) is 3.49. The Hall–Kier alpha value is -4.70. The molecule has 5 aromatic rings. The van der Waals surface area contributed by atoms with Gasteiger partial charge in [-0.3, -0.25) is 23.8 Å². The molecule has 0 spiro atoms. The van der Waals surface area contributed by atoms with E-state index in [4.69, 9.17) is 0 Å². The third-order valence-electron chi connectivity index (χ3n) is 6.27. The first-order valence-electron chi connectivity index (χ1n) is 10.9. The minimum atomic E-state index is -0.327. The van der Waals surface area contributed by atoms with Crippen LogP contribution in [0.3, 0.4) is 0 Å². The highest BCUT2D eigenvalue weighted by atomic mass is 16.2. The van der Waals surface area contributed by atoms with E-state index in [0.29, 0.717) is 23.1 Å². The fourth-order valence-corrected chi connectivity index (χ4v) is 4.63. The van der Waals surface area contributed by atoms with Gasteiger partial charge in [0.2, 0.25) is 5.91 Å². The largest absolute Gasteiger partial charge is 0.308 e. The van der Waals surface area contributed by atoms with Gasteiger partial charge in [0, 0.05) is 48.7 Å². The van der Waals surface area contributed by atoms with Crippen molar-refractivity contribution in [2.75, 3.05) is 11.4 Å². The molecule has 1 aliphatic rings. The van der Waals surface area contributed by atoms with Gasteiger partial charge in [-0.05, 0) is 47.9 Å². The van der Waals surface area contributed by atoms with Crippen molar-refractivity contribution >= 4 is 33.4 Å². The summed E-state index contributed by atoms with van der Waals surface area (Å²) in [5, 5.41) is 5.77. The molecule has 2 aromatic carbocycles. The number of hydrogen-bond donors (Lipinski definition) is 0. The number of aryl methyl sites for hydroxylation is 1. The zero-order valence-electron chi connectivity index (χ0n) is 18.4. The lowest BCUT2D eigenvalue weighted by Gasteiger charge is -2.17. The molecule has 0 bridgehead atoms. The molecule has 4 heterocycles. The number of aromatic nitrogens is 4. The van der Waals surface area contributed by atoms with E-state index in [1.54, 1.807) is 26.5 Å². The Morgan fingerprint density at radius 1 is 1.12 bits per heavy atom. The van der Waals surface area contributed by atoms with E-state index in [-0.39, 0.29) is 11.5 Å². The lowest BCUT2D eigenvalue weighted by molar-refractivity contribution is -0.114. The van der Waals surface area contributed by atoms with Crippen molar-refractivity contribution in [3.63, 3.8) is 0 Å². The molecule has 0 N–H and O–H groups in total. The number of anilines is 1. The molecule has 34 heavy (non-hydrogen) atoms. The predicted octanol–water partition coefficient (Wildman–Crippen LogP) is 3.61. The molecule has 0 atom stereocenters. The normalized spacial score (nSPS) is 12.7. The second kappa shape index (κ2) is 7.42. The number of amides is 1. The summed E-state index contributed by atoms with van der Waals surface area (Å²) in [5.41, 5.74) is 5.58. The van der Waals surface area contributed by atoms with Gasteiger partial charge in [0.05, 0.1) is 28.3 Å². The highest BCUT2D eigenvalue weighted by Gasteiger charge is 2.24. The quantitative estimate of drug-likeness (QED) is 0.398. The van der Waals surface area contributed by atoms with Crippen LogP contribution in [-0.2, 0) is 18.3 Å². The molecule has 0 aliphatic carbocycles. The molecule has 3 aromatic heterocycles. The van der Waals surface area contributed by atoms with Crippen LogP contribution in [0.2, 0.25) is 0 Å². The van der Waals surface area contributed by atoms with Crippen LogP contribution in [0.5, 0.6) is 0 Å². The summed E-state index contributed by atoms with van der Waals surface area (Å²) in [6, 6.07) is 17.4. The first-order chi connectivity index (χ1) is 16.5. The fourth-order valence-electron chi connectivity index (χ4n) is 4.63. The Morgan fingerprint density at radius 3 is 2.79 bits per heavy atom. The number of benzene rings is 2. The maximum absolute atomic E-state index is 13.2. The predicted molar refractivity (Wildman–Crippen MR) is 131 cm³/mol. The molecule has 0 fully saturated rings. The van der Waals surface area contributed by atoms with E-state index in [2.05, 4.69) is 28.8 Å². The number of pyridine rings is 1. The number of fused-ring (bicyclic) bond motifs is 4. The fraction of sp³-hybridized carbons (Fsp3) is 0.111. The van der Waals surface area contributed by atoms with Crippen LogP contribution < -0.4 is 10.5 Å². The van der Waals surface area contributed by atoms with E-state index in [0.717, 1.165) is 39.7 Å². The van der Waals surface area contributed by atoms with Crippen molar-refractivity contribution in [3.05, 3.63) is 95.7 Å². The third-order valence-corrected chi connectivity index (χ3v) is 6.27. The van der Waals surface area contributed by atoms with Gasteiger partial charge in [0.25, 0.3) is 0 Å². The van der Waals surface area contributed by atoms with Gasteiger partial charge in [-0.1, -0.05) is 24.8 Å². The van der Waals surface area contributed by atoms with Gasteiger partial charge in [0.15, 0.2) is 0 Å². The zero-order chi connectivity index (χ0) is 23.4. The van der Waals surface area contributed by atoms with Gasteiger partial charge in [0.1, 0.15) is 0 Å². The van der Waals surface area contributed by atoms with E-state index < -0.39 is 0 Å². The Kier molecular flexibility index (Phi) is 4.36. The molecule has 1 aliphatic heterocycles. The second-order valence-electron chi connectivity index (χ2n) is 8.30. The van der Waals surface area contributed by atoms with E-state index >= 15 is 0 Å². The summed E-state index contributed by atoms with van der Waals surface area (Å²) in [4.78, 5) is 31.8. The van der Waals surface area contributed by atoms with E-state index in [1.165, 1.54) is 6.08 Å². The van der Waals surface area contributed by atoms with Crippen molar-refractivity contribution in [1.29, 1.82) is 0 Å². The number of rotatable bonds is 3. The van der Waals surface area contributed by atoms with Gasteiger partial charge in [-0.25, -0.2) is 0 Å². The lowest BCUT2D eigenvalue weighted by Crippen LogP contribution is -2.27. The standard InChI is InChI=1S/C27H19N5O2/c1-3-25(33)31-11-10-17-4-7-21(13-24(17)31)32-26(34)9-6-19-14-28-23-8-5-18(12-22(23)27(19)32)20-15-29-30(2)16-20/h3-5,7-8,12-16H,1,10-11H2,2H3. The maximum Gasteiger partial charge on any atom is 0.307 e. The molecule has 1 amide bonds. The molecular weight excluding hydrogens is 426 g/mol. The smallest absolute Gasteiger partial charge is 0.307 e. The Bertz CT molecular complexity index is 1700. The minimum absolute atomic E-state index is 0.156. The van der Waals surface area contributed by atoms with Crippen LogP contribution in [0.1, 0.15) is 5.56 Å². The van der Waals surface area contributed by atoms with Crippen LogP contribution in [0, 0.1) is 12.1 Å². The summed E-state index contributed by atoms with van der Waals surface area (Å²) in [5.74, 6) is -0.156. The molecule has 0 radical (unpaired) electrons. The molecule has 164 valence electrons. The van der Waals surface area contributed by atoms with Crippen LogP contribution in [-0.4, -0.2) is 31.8 Å². The average molecular weight is 445 g/mol. The third kappa shape index (κ3) is 3.00. The summed E-state index contributed by atoms with van der Waals surface area (Å²) < 4.78 is 3.37. The summed E-state index contributed by atoms with van der Waals surface area (Å²) in [6.45, 7) is 4.21. The first kappa shape index (κ1) is 19.9. The number of carbonyl (C=O) groups excluding carboxylic acids is 1. The van der Waals surface area contributed by atoms with Crippen molar-refractivity contribution in [2.45, 2.75) is 6.42 Å². The van der Waals surface area contributed by atoms with Gasteiger partial charge in [-0.15, -0.1) is 0 Å². The van der Waals surface area contributed by atoms with Crippen LogP contribution in [0.25, 0.3) is 38.6 Å². The minimum Gasteiger partial charge on any atom is -0.308 e. The monoisotopic (exact) mass is 445 g/mol. The number of carbonyl (C=O) groups is 1. The molecule has 0 saturated heterocycles. The first-order valence-corrected chi connectivity index (χ1v) is 10.9. The second-order valence-corrected chi connectivity index (χ2v) is 8.30. The van der Waals surface area contributed by atoms with Crippen LogP contribution in [0.15, 0.2) is 72.4 Å². The van der Waals surface area contributed by atoms with Crippen LogP contribution >= 0.6 is 0 Å². The molecule has 6 rings (SSSR count). The van der Waals surface area contributed by atoms with Gasteiger partial charge < -0.3 is 4.90 Å². The maximum atomic E-state index is 13.2. The van der Waals surface area contributed by atoms with Gasteiger partial charge >= 0.3 is 5.56 Å². The Balaban J connectivity index is 1.63. The van der Waals surface area contributed by atoms with Crippen molar-refractivity contribution in [1.82, 2.24) is 19.3 Å². The highest BCUT2D eigenvalue weighted by Crippen LogP contribution is 2.33. The van der Waals surface area contributed by atoms with Crippen molar-refractivity contribution < 1.29 is 4.79 Å². The number of hydrogen-bond acceptors (Lipinski definition) is 4. The topological polar surface area (TPSA) is 73.0 Å². The van der Waals surface area contributed by atoms with Crippen molar-refractivity contribution in [2.24, 2.45) is 7.05 Å². The van der Waals surface area contributed by atoms with E-state index in [9.17, 15) is 9.59 Å². The van der Waals surface area contributed by atoms with Crippen LogP contribution in [0.4, 0.5) is 5.69 Å². The Labute approximate surface area is 195 Å². The summed E-state index contributed by atoms with van der Waals surface area (Å²) in [6.07, 6.45) is 7.53. The molecule has 7 nitrogen and oxygen atoms in total. The highest BCUT2D eigenvalue weighted by molar-refractivity contribution is 6.05. The summed E-state index contributed by atoms with van der Waals surface area (Å²) >= 11 is 0. The molecule has 7 heteroatoms. The SMILES string of the molecule is C=CC(=O)N1CCc2ccc(-n3c(=O)c#cc4cnc5ccc(-c6cnn(C)c6)cc5c43)cc21. The van der Waals surface area contributed by atoms with Gasteiger partial charge in [-0.2, -0.15) is 5.10 Å².